The van der Waals surface area contributed by atoms with E-state index in [2.05, 4.69) is 35.4 Å². The summed E-state index contributed by atoms with van der Waals surface area (Å²) in [5, 5.41) is 3.38. The molecular weight excluding hydrogens is 480 g/mol. The second kappa shape index (κ2) is 8.06. The van der Waals surface area contributed by atoms with Gasteiger partial charge in [0.2, 0.25) is 5.91 Å². The van der Waals surface area contributed by atoms with Crippen molar-refractivity contribution in [2.24, 2.45) is 16.1 Å². The van der Waals surface area contributed by atoms with Crippen molar-refractivity contribution in [1.29, 1.82) is 0 Å². The summed E-state index contributed by atoms with van der Waals surface area (Å²) in [6.07, 6.45) is 2.60. The summed E-state index contributed by atoms with van der Waals surface area (Å²) in [5.41, 5.74) is 8.65. The van der Waals surface area contributed by atoms with Crippen molar-refractivity contribution in [2.75, 3.05) is 13.7 Å². The highest BCUT2D eigenvalue weighted by molar-refractivity contribution is 6.00. The summed E-state index contributed by atoms with van der Waals surface area (Å²) >= 11 is 0. The van der Waals surface area contributed by atoms with Crippen molar-refractivity contribution < 1.29 is 19.1 Å². The number of guanidine groups is 1. The minimum absolute atomic E-state index is 0.0338. The van der Waals surface area contributed by atoms with Gasteiger partial charge in [-0.15, -0.1) is 0 Å². The highest BCUT2D eigenvalue weighted by Crippen LogP contribution is 2.69. The Kier molecular flexibility index (Phi) is 5.28. The first-order valence-corrected chi connectivity index (χ1v) is 13.3. The molecule has 8 nitrogen and oxygen atoms in total. The normalized spacial score (nSPS) is 32.4. The molecule has 2 aliphatic carbocycles. The van der Waals surface area contributed by atoms with E-state index in [-0.39, 0.29) is 35.1 Å². The van der Waals surface area contributed by atoms with E-state index < -0.39 is 17.2 Å². The average Bonchev–Trinajstić information content (AvgIpc) is 3.32. The molecule has 2 aromatic carbocycles. The van der Waals surface area contributed by atoms with Gasteiger partial charge in [-0.05, 0) is 62.9 Å². The average molecular weight is 517 g/mol. The number of nitrogens with zero attached hydrogens (tertiary/aromatic N) is 2. The minimum atomic E-state index is -0.675. The molecule has 200 valence electrons. The number of benzene rings is 2. The van der Waals surface area contributed by atoms with E-state index >= 15 is 0 Å². The number of hydrogen-bond acceptors (Lipinski definition) is 6. The van der Waals surface area contributed by atoms with Crippen molar-refractivity contribution in [2.45, 2.75) is 76.1 Å². The number of rotatable bonds is 5. The molecule has 2 amide bonds. The maximum atomic E-state index is 13.7. The zero-order chi connectivity index (χ0) is 27.1. The van der Waals surface area contributed by atoms with Crippen LogP contribution in [0.5, 0.6) is 5.75 Å². The van der Waals surface area contributed by atoms with E-state index in [1.54, 1.807) is 18.1 Å². The molecule has 38 heavy (non-hydrogen) atoms. The summed E-state index contributed by atoms with van der Waals surface area (Å²) in [6, 6.07) is 13.4. The monoisotopic (exact) mass is 516 g/mol. The first-order valence-electron chi connectivity index (χ1n) is 13.3. The number of aliphatic imine (C=N–C) groups is 1. The van der Waals surface area contributed by atoms with E-state index in [0.717, 1.165) is 18.4 Å². The van der Waals surface area contributed by atoms with Crippen LogP contribution < -0.4 is 15.8 Å². The van der Waals surface area contributed by atoms with E-state index in [0.29, 0.717) is 24.3 Å². The van der Waals surface area contributed by atoms with Crippen LogP contribution in [0, 0.1) is 5.41 Å². The molecule has 0 radical (unpaired) electrons. The van der Waals surface area contributed by atoms with Crippen LogP contribution in [0.2, 0.25) is 0 Å². The fraction of sp³-hybridized carbons (Fsp3) is 0.500. The molecule has 2 heterocycles. The molecule has 1 fully saturated rings. The molecule has 4 aliphatic rings. The lowest BCUT2D eigenvalue weighted by molar-refractivity contribution is -0.133. The lowest BCUT2D eigenvalue weighted by atomic mass is 9.86. The Morgan fingerprint density at radius 1 is 1.18 bits per heavy atom. The molecule has 0 bridgehead atoms. The van der Waals surface area contributed by atoms with Crippen LogP contribution in [0.25, 0.3) is 0 Å². The smallest absolute Gasteiger partial charge is 0.252 e. The Morgan fingerprint density at radius 3 is 2.68 bits per heavy atom. The van der Waals surface area contributed by atoms with Crippen LogP contribution in [0.4, 0.5) is 0 Å². The van der Waals surface area contributed by atoms with Crippen LogP contribution >= 0.6 is 0 Å². The molecule has 0 spiro atoms. The Labute approximate surface area is 223 Å². The molecule has 4 atom stereocenters. The third-order valence-electron chi connectivity index (χ3n) is 8.84. The van der Waals surface area contributed by atoms with Gasteiger partial charge in [-0.2, -0.15) is 0 Å². The number of amides is 2. The van der Waals surface area contributed by atoms with Gasteiger partial charge in [-0.25, -0.2) is 4.99 Å². The molecule has 0 aromatic heterocycles. The number of ether oxygens (including phenoxy) is 2. The topological polar surface area (TPSA) is 106 Å². The fourth-order valence-corrected chi connectivity index (χ4v) is 7.03. The highest BCUT2D eigenvalue weighted by atomic mass is 16.5. The number of nitrogens with two attached hydrogens (primary N) is 1. The molecule has 3 N–H and O–H groups in total. The third kappa shape index (κ3) is 3.72. The van der Waals surface area contributed by atoms with E-state index in [1.807, 2.05) is 39.0 Å². The fourth-order valence-electron chi connectivity index (χ4n) is 7.03. The van der Waals surface area contributed by atoms with Gasteiger partial charge in [0.15, 0.2) is 5.96 Å². The molecule has 0 saturated heterocycles. The maximum Gasteiger partial charge on any atom is 0.252 e. The minimum Gasteiger partial charge on any atom is -0.485 e. The molecular formula is C30H36N4O4. The number of fused-ring (bicyclic) bond motifs is 4. The van der Waals surface area contributed by atoms with Gasteiger partial charge in [0.05, 0.1) is 30.1 Å². The molecule has 8 heteroatoms. The van der Waals surface area contributed by atoms with Gasteiger partial charge in [0, 0.05) is 30.1 Å². The standard InChI is InChI=1S/C30H36N4O4/c1-27(2)15-24(35)34(26(31)33-27)22-14-29(4,17-37-5)38-23-11-10-18(12-20(22)23)25(36)32-30-16-28(30,3)13-19-8-6-7-9-21(19)30/h6-12,22H,13-17H2,1-5H3,(H2,31,33)(H,32,36)/t22?,28-,29?,30-/m1/s1. The number of carbonyl (C=O) groups excluding carboxylic acids is 2. The van der Waals surface area contributed by atoms with Crippen molar-refractivity contribution in [3.05, 3.63) is 64.7 Å². The van der Waals surface area contributed by atoms with Crippen molar-refractivity contribution >= 4 is 17.8 Å². The van der Waals surface area contributed by atoms with E-state index in [1.165, 1.54) is 11.1 Å². The van der Waals surface area contributed by atoms with Crippen LogP contribution in [0.1, 0.15) is 80.0 Å². The quantitative estimate of drug-likeness (QED) is 0.628. The highest BCUT2D eigenvalue weighted by Gasteiger charge is 2.70. The Bertz CT molecular complexity index is 1390. The third-order valence-corrected chi connectivity index (χ3v) is 8.84. The number of nitrogens with one attached hydrogen (secondary N) is 1. The first kappa shape index (κ1) is 24.9. The Balaban J connectivity index is 1.36. The van der Waals surface area contributed by atoms with Crippen LogP contribution in [-0.2, 0) is 21.5 Å². The van der Waals surface area contributed by atoms with E-state index in [9.17, 15) is 9.59 Å². The van der Waals surface area contributed by atoms with Crippen molar-refractivity contribution in [3.8, 4) is 5.75 Å². The Morgan fingerprint density at radius 2 is 1.95 bits per heavy atom. The summed E-state index contributed by atoms with van der Waals surface area (Å²) in [7, 11) is 1.63. The SMILES string of the molecule is COCC1(C)CC(N2C(=O)CC(C)(C)N=C2N)c2cc(C(=O)N[C@@]34C[C@@]3(C)Cc3ccccc34)ccc2O1. The zero-order valence-corrected chi connectivity index (χ0v) is 22.8. The summed E-state index contributed by atoms with van der Waals surface area (Å²) in [5.74, 6) is 0.576. The lowest BCUT2D eigenvalue weighted by Gasteiger charge is -2.45. The first-order chi connectivity index (χ1) is 17.9. The van der Waals surface area contributed by atoms with Crippen LogP contribution in [-0.4, -0.2) is 47.5 Å². The summed E-state index contributed by atoms with van der Waals surface area (Å²) < 4.78 is 11.8. The molecule has 1 saturated carbocycles. The van der Waals surface area contributed by atoms with Gasteiger partial charge < -0.3 is 20.5 Å². The summed E-state index contributed by atoms with van der Waals surface area (Å²) in [6.45, 7) is 8.35. The largest absolute Gasteiger partial charge is 0.485 e. The number of hydrogen-bond donors (Lipinski definition) is 2. The van der Waals surface area contributed by atoms with Crippen LogP contribution in [0.15, 0.2) is 47.5 Å². The van der Waals surface area contributed by atoms with E-state index in [4.69, 9.17) is 15.2 Å². The molecule has 2 aromatic rings. The maximum absolute atomic E-state index is 13.7. The van der Waals surface area contributed by atoms with Crippen molar-refractivity contribution in [3.63, 3.8) is 0 Å². The second-order valence-corrected chi connectivity index (χ2v) is 12.6. The lowest BCUT2D eigenvalue weighted by Crippen LogP contribution is -2.55. The van der Waals surface area contributed by atoms with Crippen LogP contribution in [0.3, 0.4) is 0 Å². The van der Waals surface area contributed by atoms with Gasteiger partial charge in [0.1, 0.15) is 11.4 Å². The Hall–Kier alpha value is -3.39. The number of carbonyl (C=O) groups is 2. The van der Waals surface area contributed by atoms with Gasteiger partial charge >= 0.3 is 0 Å². The predicted octanol–water partition coefficient (Wildman–Crippen LogP) is 3.83. The predicted molar refractivity (Wildman–Crippen MR) is 144 cm³/mol. The summed E-state index contributed by atoms with van der Waals surface area (Å²) in [4.78, 5) is 33.2. The van der Waals surface area contributed by atoms with Gasteiger partial charge in [-0.3, -0.25) is 14.5 Å². The molecule has 2 aliphatic heterocycles. The van der Waals surface area contributed by atoms with Crippen molar-refractivity contribution in [1.82, 2.24) is 10.2 Å². The second-order valence-electron chi connectivity index (χ2n) is 12.6. The van der Waals surface area contributed by atoms with Gasteiger partial charge in [0.25, 0.3) is 5.91 Å². The zero-order valence-electron chi connectivity index (χ0n) is 22.8. The van der Waals surface area contributed by atoms with Gasteiger partial charge in [-0.1, -0.05) is 31.2 Å². The molecule has 6 rings (SSSR count). The number of methoxy groups -OCH3 is 1. The molecule has 2 unspecified atom stereocenters.